The van der Waals surface area contributed by atoms with Crippen LogP contribution in [0.15, 0.2) is 34.9 Å². The number of rotatable bonds is 5. The highest BCUT2D eigenvalue weighted by molar-refractivity contribution is 7.19. The fraction of sp³-hybridized carbons (Fsp3) is 0.278. The van der Waals surface area contributed by atoms with E-state index < -0.39 is 0 Å². The summed E-state index contributed by atoms with van der Waals surface area (Å²) in [6.07, 6.45) is 0.991. The van der Waals surface area contributed by atoms with Crippen molar-refractivity contribution in [3.63, 3.8) is 0 Å². The van der Waals surface area contributed by atoms with Gasteiger partial charge < -0.3 is 9.84 Å². The third kappa shape index (κ3) is 3.54. The second kappa shape index (κ2) is 6.97. The molecule has 3 aromatic rings. The lowest BCUT2D eigenvalue weighted by Crippen LogP contribution is -2.12. The fourth-order valence-electron chi connectivity index (χ4n) is 2.59. The first-order valence-corrected chi connectivity index (χ1v) is 8.60. The summed E-state index contributed by atoms with van der Waals surface area (Å²) >= 11 is 1.50. The van der Waals surface area contributed by atoms with Crippen LogP contribution in [0.4, 0.5) is 5.13 Å². The zero-order chi connectivity index (χ0) is 17.1. The maximum absolute atomic E-state index is 12.2. The summed E-state index contributed by atoms with van der Waals surface area (Å²) in [7, 11) is 0. The van der Waals surface area contributed by atoms with E-state index in [4.69, 9.17) is 4.52 Å². The third-order valence-electron chi connectivity index (χ3n) is 3.86. The molecule has 2 aromatic heterocycles. The van der Waals surface area contributed by atoms with Gasteiger partial charge in [-0.3, -0.25) is 4.79 Å². The van der Waals surface area contributed by atoms with E-state index in [1.54, 1.807) is 0 Å². The summed E-state index contributed by atoms with van der Waals surface area (Å²) in [5.74, 6) is 0.722. The highest BCUT2D eigenvalue weighted by Gasteiger charge is 2.14. The normalized spacial score (nSPS) is 10.8. The van der Waals surface area contributed by atoms with E-state index in [2.05, 4.69) is 15.5 Å². The number of hydrogen-bond acceptors (Lipinski definition) is 5. The summed E-state index contributed by atoms with van der Waals surface area (Å²) in [4.78, 5) is 17.7. The Kier molecular flexibility index (Phi) is 4.76. The summed E-state index contributed by atoms with van der Waals surface area (Å²) in [5.41, 5.74) is 3.89. The number of benzene rings is 1. The van der Waals surface area contributed by atoms with Crippen molar-refractivity contribution in [1.29, 1.82) is 0 Å². The zero-order valence-corrected chi connectivity index (χ0v) is 14.7. The van der Waals surface area contributed by atoms with Gasteiger partial charge in [0.05, 0.1) is 16.3 Å². The highest BCUT2D eigenvalue weighted by Crippen LogP contribution is 2.32. The Morgan fingerprint density at radius 3 is 2.58 bits per heavy atom. The Labute approximate surface area is 144 Å². The minimum absolute atomic E-state index is 0.0524. The van der Waals surface area contributed by atoms with E-state index in [-0.39, 0.29) is 5.91 Å². The second-order valence-electron chi connectivity index (χ2n) is 5.65. The van der Waals surface area contributed by atoms with Crippen LogP contribution in [0.25, 0.3) is 10.4 Å². The van der Waals surface area contributed by atoms with Crippen LogP contribution < -0.4 is 5.32 Å². The number of amides is 1. The predicted molar refractivity (Wildman–Crippen MR) is 95.2 cm³/mol. The van der Waals surface area contributed by atoms with Crippen LogP contribution in [0, 0.1) is 20.8 Å². The first-order chi connectivity index (χ1) is 11.5. The number of carbonyl (C=O) groups is 1. The van der Waals surface area contributed by atoms with Gasteiger partial charge in [0.15, 0.2) is 5.13 Å². The van der Waals surface area contributed by atoms with Crippen LogP contribution in [0.1, 0.15) is 29.1 Å². The van der Waals surface area contributed by atoms with Crippen molar-refractivity contribution in [2.75, 3.05) is 5.32 Å². The first-order valence-electron chi connectivity index (χ1n) is 7.79. The Bertz CT molecular complexity index is 833. The molecule has 0 atom stereocenters. The Morgan fingerprint density at radius 2 is 1.92 bits per heavy atom. The van der Waals surface area contributed by atoms with Crippen LogP contribution in [-0.2, 0) is 11.2 Å². The highest BCUT2D eigenvalue weighted by atomic mass is 32.1. The van der Waals surface area contributed by atoms with Gasteiger partial charge in [-0.05, 0) is 32.8 Å². The number of carbonyl (C=O) groups excluding carboxylic acids is 1. The number of hydrogen-bond donors (Lipinski definition) is 1. The van der Waals surface area contributed by atoms with E-state index >= 15 is 0 Å². The molecule has 5 nitrogen and oxygen atoms in total. The van der Waals surface area contributed by atoms with E-state index in [0.29, 0.717) is 18.0 Å². The number of nitrogens with zero attached hydrogens (tertiary/aromatic N) is 2. The van der Waals surface area contributed by atoms with Crippen LogP contribution >= 0.6 is 11.3 Å². The topological polar surface area (TPSA) is 68.0 Å². The first kappa shape index (κ1) is 16.4. The van der Waals surface area contributed by atoms with Gasteiger partial charge in [0.2, 0.25) is 5.91 Å². The second-order valence-corrected chi connectivity index (χ2v) is 6.65. The molecular weight excluding hydrogens is 322 g/mol. The maximum Gasteiger partial charge on any atom is 0.226 e. The maximum atomic E-state index is 12.2. The van der Waals surface area contributed by atoms with Gasteiger partial charge >= 0.3 is 0 Å². The minimum Gasteiger partial charge on any atom is -0.361 e. The van der Waals surface area contributed by atoms with E-state index in [0.717, 1.165) is 33.2 Å². The predicted octanol–water partition coefficient (Wildman–Crippen LogP) is 4.29. The van der Waals surface area contributed by atoms with Crippen LogP contribution in [0.2, 0.25) is 0 Å². The van der Waals surface area contributed by atoms with Crippen molar-refractivity contribution in [2.24, 2.45) is 0 Å². The van der Waals surface area contributed by atoms with Crippen LogP contribution in [0.3, 0.4) is 0 Å². The largest absolute Gasteiger partial charge is 0.361 e. The SMILES string of the molecule is Cc1nc(NC(=O)CCc2c(C)noc2C)sc1-c1ccccc1. The quantitative estimate of drug-likeness (QED) is 0.751. The molecule has 0 bridgehead atoms. The molecule has 1 amide bonds. The monoisotopic (exact) mass is 341 g/mol. The number of anilines is 1. The number of nitrogens with one attached hydrogen (secondary N) is 1. The van der Waals surface area contributed by atoms with Crippen LogP contribution in [0.5, 0.6) is 0 Å². The fourth-order valence-corrected chi connectivity index (χ4v) is 3.57. The number of thiazole rings is 1. The zero-order valence-electron chi connectivity index (χ0n) is 13.9. The van der Waals surface area contributed by atoms with Gasteiger partial charge in [0.1, 0.15) is 5.76 Å². The summed E-state index contributed by atoms with van der Waals surface area (Å²) in [5, 5.41) is 7.44. The molecule has 124 valence electrons. The van der Waals surface area contributed by atoms with Gasteiger partial charge in [0.25, 0.3) is 0 Å². The molecule has 2 heterocycles. The van der Waals surface area contributed by atoms with E-state index in [1.165, 1.54) is 11.3 Å². The van der Waals surface area contributed by atoms with Crippen molar-refractivity contribution in [1.82, 2.24) is 10.1 Å². The van der Waals surface area contributed by atoms with Gasteiger partial charge in [-0.15, -0.1) is 0 Å². The molecule has 0 unspecified atom stereocenters. The lowest BCUT2D eigenvalue weighted by molar-refractivity contribution is -0.116. The molecule has 0 saturated heterocycles. The Balaban J connectivity index is 1.65. The molecule has 0 aliphatic rings. The molecule has 0 aliphatic carbocycles. The average molecular weight is 341 g/mol. The van der Waals surface area contributed by atoms with Gasteiger partial charge in [-0.1, -0.05) is 46.8 Å². The molecule has 6 heteroatoms. The molecule has 0 aliphatic heterocycles. The van der Waals surface area contributed by atoms with Crippen molar-refractivity contribution in [3.05, 3.63) is 53.0 Å². The van der Waals surface area contributed by atoms with E-state index in [9.17, 15) is 4.79 Å². The summed E-state index contributed by atoms with van der Waals surface area (Å²) in [6, 6.07) is 10.1. The van der Waals surface area contributed by atoms with Gasteiger partial charge in [0, 0.05) is 12.0 Å². The molecule has 1 N–H and O–H groups in total. The molecule has 0 fully saturated rings. The minimum atomic E-state index is -0.0524. The van der Waals surface area contributed by atoms with Crippen molar-refractivity contribution in [2.45, 2.75) is 33.6 Å². The van der Waals surface area contributed by atoms with E-state index in [1.807, 2.05) is 51.1 Å². The van der Waals surface area contributed by atoms with Crippen molar-refractivity contribution >= 4 is 22.4 Å². The van der Waals surface area contributed by atoms with Crippen LogP contribution in [-0.4, -0.2) is 16.0 Å². The summed E-state index contributed by atoms with van der Waals surface area (Å²) in [6.45, 7) is 5.71. The molecule has 24 heavy (non-hydrogen) atoms. The average Bonchev–Trinajstić information content (AvgIpc) is 3.09. The van der Waals surface area contributed by atoms with Crippen molar-refractivity contribution in [3.8, 4) is 10.4 Å². The van der Waals surface area contributed by atoms with Crippen molar-refractivity contribution < 1.29 is 9.32 Å². The molecule has 1 aromatic carbocycles. The Morgan fingerprint density at radius 1 is 1.17 bits per heavy atom. The molecule has 0 spiro atoms. The molecule has 0 saturated carbocycles. The smallest absolute Gasteiger partial charge is 0.226 e. The standard InChI is InChI=1S/C18H19N3O2S/c1-11-15(13(3)23-21-11)9-10-16(22)20-18-19-12(2)17(24-18)14-7-5-4-6-8-14/h4-8H,9-10H2,1-3H3,(H,19,20,22). The molecule has 0 radical (unpaired) electrons. The number of aromatic nitrogens is 2. The third-order valence-corrected chi connectivity index (χ3v) is 4.98. The number of aryl methyl sites for hydroxylation is 3. The molecule has 3 rings (SSSR count). The summed E-state index contributed by atoms with van der Waals surface area (Å²) < 4.78 is 5.12. The lowest BCUT2D eigenvalue weighted by atomic mass is 10.1. The lowest BCUT2D eigenvalue weighted by Gasteiger charge is -2.01. The Hall–Kier alpha value is -2.47. The van der Waals surface area contributed by atoms with Gasteiger partial charge in [-0.25, -0.2) is 4.98 Å². The molecular formula is C18H19N3O2S. The van der Waals surface area contributed by atoms with Gasteiger partial charge in [-0.2, -0.15) is 0 Å².